The lowest BCUT2D eigenvalue weighted by molar-refractivity contribution is -0.143. The minimum absolute atomic E-state index is 0.584. The summed E-state index contributed by atoms with van der Waals surface area (Å²) in [5, 5.41) is 10.4. The third-order valence-corrected chi connectivity index (χ3v) is 4.23. The van der Waals surface area contributed by atoms with E-state index in [0.717, 1.165) is 23.8 Å². The highest BCUT2D eigenvalue weighted by molar-refractivity contribution is 7.98. The van der Waals surface area contributed by atoms with Gasteiger partial charge >= 0.3 is 5.97 Å². The topological polar surface area (TPSA) is 66.3 Å². The van der Waals surface area contributed by atoms with Gasteiger partial charge in [0.25, 0.3) is 0 Å². The molecule has 98 valence electrons. The first kappa shape index (κ1) is 13.1. The van der Waals surface area contributed by atoms with Crippen molar-refractivity contribution in [3.63, 3.8) is 0 Å². The molecule has 2 rings (SSSR count). The van der Waals surface area contributed by atoms with E-state index in [9.17, 15) is 9.90 Å². The molecule has 0 aromatic carbocycles. The fraction of sp³-hybridized carbons (Fsp3) is 0.583. The molecule has 1 fully saturated rings. The van der Waals surface area contributed by atoms with Crippen LogP contribution in [0.1, 0.15) is 26.2 Å². The van der Waals surface area contributed by atoms with Crippen molar-refractivity contribution in [1.29, 1.82) is 0 Å². The van der Waals surface area contributed by atoms with Crippen LogP contribution in [0.5, 0.6) is 0 Å². The van der Waals surface area contributed by atoms with Crippen LogP contribution in [0.2, 0.25) is 0 Å². The summed E-state index contributed by atoms with van der Waals surface area (Å²) in [5.41, 5.74) is -0.802. The Morgan fingerprint density at radius 3 is 3.00 bits per heavy atom. The molecule has 5 nitrogen and oxygen atoms in total. The van der Waals surface area contributed by atoms with Gasteiger partial charge in [-0.05, 0) is 25.5 Å². The van der Waals surface area contributed by atoms with E-state index < -0.39 is 11.5 Å². The summed E-state index contributed by atoms with van der Waals surface area (Å²) < 4.78 is 0. The molecule has 1 aromatic rings. The highest BCUT2D eigenvalue weighted by Gasteiger charge is 2.46. The van der Waals surface area contributed by atoms with E-state index >= 15 is 0 Å². The molecule has 1 saturated heterocycles. The molecule has 0 bridgehead atoms. The van der Waals surface area contributed by atoms with Crippen molar-refractivity contribution in [3.8, 4) is 0 Å². The van der Waals surface area contributed by atoms with Crippen molar-refractivity contribution >= 4 is 23.5 Å². The second kappa shape index (κ2) is 5.14. The minimum atomic E-state index is -0.802. The second-order valence-electron chi connectivity index (χ2n) is 4.36. The van der Waals surface area contributed by atoms with Crippen LogP contribution in [0.15, 0.2) is 17.4 Å². The van der Waals surface area contributed by atoms with Crippen molar-refractivity contribution < 1.29 is 9.90 Å². The van der Waals surface area contributed by atoms with Gasteiger partial charge in [0, 0.05) is 12.6 Å². The van der Waals surface area contributed by atoms with Gasteiger partial charge in [0.05, 0.1) is 0 Å². The van der Waals surface area contributed by atoms with Gasteiger partial charge in [-0.3, -0.25) is 0 Å². The predicted octanol–water partition coefficient (Wildman–Crippen LogP) is 2.03. The quantitative estimate of drug-likeness (QED) is 0.665. The number of rotatable bonds is 4. The van der Waals surface area contributed by atoms with E-state index in [2.05, 4.69) is 9.97 Å². The van der Waals surface area contributed by atoms with E-state index in [1.165, 1.54) is 18.1 Å². The number of aliphatic carboxylic acids is 1. The largest absolute Gasteiger partial charge is 0.479 e. The van der Waals surface area contributed by atoms with E-state index in [0.29, 0.717) is 12.8 Å². The van der Waals surface area contributed by atoms with Gasteiger partial charge in [0.1, 0.15) is 22.7 Å². The minimum Gasteiger partial charge on any atom is -0.479 e. The average molecular weight is 267 g/mol. The number of aromatic nitrogens is 2. The van der Waals surface area contributed by atoms with Crippen LogP contribution >= 0.6 is 11.8 Å². The Bertz CT molecular complexity index is 455. The number of nitrogens with zero attached hydrogens (tertiary/aromatic N) is 3. The van der Waals surface area contributed by atoms with Crippen molar-refractivity contribution in [2.45, 2.75) is 36.8 Å². The molecule has 1 aliphatic rings. The Hall–Kier alpha value is -1.30. The van der Waals surface area contributed by atoms with Gasteiger partial charge in [-0.1, -0.05) is 6.92 Å². The molecule has 1 atom stereocenters. The standard InChI is InChI=1S/C12H17N3O2S/c1-3-12(11(16)17)5-4-6-15(12)9-7-10(18-2)14-8-13-9/h7-8H,3-6H2,1-2H3,(H,16,17). The summed E-state index contributed by atoms with van der Waals surface area (Å²) in [4.78, 5) is 21.9. The third kappa shape index (κ3) is 2.05. The molecule has 1 aromatic heterocycles. The van der Waals surface area contributed by atoms with E-state index in [-0.39, 0.29) is 0 Å². The van der Waals surface area contributed by atoms with Gasteiger partial charge in [-0.25, -0.2) is 14.8 Å². The zero-order valence-corrected chi connectivity index (χ0v) is 11.4. The summed E-state index contributed by atoms with van der Waals surface area (Å²) in [6, 6.07) is 1.86. The fourth-order valence-electron chi connectivity index (χ4n) is 2.54. The third-order valence-electron chi connectivity index (χ3n) is 3.58. The van der Waals surface area contributed by atoms with Crippen molar-refractivity contribution in [3.05, 3.63) is 12.4 Å². The average Bonchev–Trinajstić information content (AvgIpc) is 2.84. The predicted molar refractivity (Wildman–Crippen MR) is 71.1 cm³/mol. The molecular formula is C12H17N3O2S. The zero-order chi connectivity index (χ0) is 13.2. The molecule has 6 heteroatoms. The molecule has 18 heavy (non-hydrogen) atoms. The number of carbonyl (C=O) groups is 1. The van der Waals surface area contributed by atoms with Crippen LogP contribution in [0.25, 0.3) is 0 Å². The van der Waals surface area contributed by atoms with Crippen LogP contribution in [0.4, 0.5) is 5.82 Å². The first-order valence-electron chi connectivity index (χ1n) is 6.01. The number of hydrogen-bond acceptors (Lipinski definition) is 5. The van der Waals surface area contributed by atoms with Gasteiger partial charge < -0.3 is 10.0 Å². The maximum atomic E-state index is 11.6. The maximum absolute atomic E-state index is 11.6. The summed E-state index contributed by atoms with van der Waals surface area (Å²) in [6.07, 6.45) is 5.60. The summed E-state index contributed by atoms with van der Waals surface area (Å²) in [7, 11) is 0. The number of carboxylic acids is 1. The van der Waals surface area contributed by atoms with Crippen LogP contribution in [-0.4, -0.2) is 39.4 Å². The number of thioether (sulfide) groups is 1. The smallest absolute Gasteiger partial charge is 0.329 e. The molecule has 1 unspecified atom stereocenters. The highest BCUT2D eigenvalue weighted by Crippen LogP contribution is 2.36. The van der Waals surface area contributed by atoms with Gasteiger partial charge in [-0.15, -0.1) is 11.8 Å². The summed E-state index contributed by atoms with van der Waals surface area (Å²) >= 11 is 1.53. The first-order chi connectivity index (χ1) is 8.64. The van der Waals surface area contributed by atoms with Crippen LogP contribution in [0.3, 0.4) is 0 Å². The fourth-order valence-corrected chi connectivity index (χ4v) is 2.92. The number of carboxylic acid groups (broad SMARTS) is 1. The lowest BCUT2D eigenvalue weighted by Gasteiger charge is -2.34. The second-order valence-corrected chi connectivity index (χ2v) is 5.19. The molecule has 2 heterocycles. The molecule has 0 aliphatic carbocycles. The molecule has 0 amide bonds. The monoisotopic (exact) mass is 267 g/mol. The molecular weight excluding hydrogens is 250 g/mol. The molecule has 1 N–H and O–H groups in total. The Morgan fingerprint density at radius 2 is 2.39 bits per heavy atom. The first-order valence-corrected chi connectivity index (χ1v) is 7.23. The van der Waals surface area contributed by atoms with Crippen LogP contribution < -0.4 is 4.90 Å². The van der Waals surface area contributed by atoms with Gasteiger partial charge in [-0.2, -0.15) is 0 Å². The molecule has 0 saturated carbocycles. The van der Waals surface area contributed by atoms with E-state index in [4.69, 9.17) is 0 Å². The molecule has 1 aliphatic heterocycles. The van der Waals surface area contributed by atoms with E-state index in [1.54, 1.807) is 0 Å². The summed E-state index contributed by atoms with van der Waals surface area (Å²) in [6.45, 7) is 2.66. The Kier molecular flexibility index (Phi) is 3.75. The Labute approximate surface area is 111 Å². The SMILES string of the molecule is CCC1(C(=O)O)CCCN1c1cc(SC)ncn1. The van der Waals surface area contributed by atoms with Gasteiger partial charge in [0.2, 0.25) is 0 Å². The normalized spacial score (nSPS) is 23.3. The van der Waals surface area contributed by atoms with Crippen molar-refractivity contribution in [2.75, 3.05) is 17.7 Å². The Balaban J connectivity index is 2.39. The molecule has 0 spiro atoms. The number of anilines is 1. The summed E-state index contributed by atoms with van der Waals surface area (Å²) in [5.74, 6) is -0.0390. The maximum Gasteiger partial charge on any atom is 0.329 e. The lowest BCUT2D eigenvalue weighted by Crippen LogP contribution is -2.50. The van der Waals surface area contributed by atoms with E-state index in [1.807, 2.05) is 24.1 Å². The Morgan fingerprint density at radius 1 is 1.61 bits per heavy atom. The number of hydrogen-bond donors (Lipinski definition) is 1. The zero-order valence-electron chi connectivity index (χ0n) is 10.6. The lowest BCUT2D eigenvalue weighted by atomic mass is 9.93. The van der Waals surface area contributed by atoms with Crippen molar-refractivity contribution in [2.24, 2.45) is 0 Å². The van der Waals surface area contributed by atoms with Gasteiger partial charge in [0.15, 0.2) is 0 Å². The molecule has 0 radical (unpaired) electrons. The van der Waals surface area contributed by atoms with Crippen LogP contribution in [-0.2, 0) is 4.79 Å². The van der Waals surface area contributed by atoms with Crippen LogP contribution in [0, 0.1) is 0 Å². The highest BCUT2D eigenvalue weighted by atomic mass is 32.2. The van der Waals surface area contributed by atoms with Crippen molar-refractivity contribution in [1.82, 2.24) is 9.97 Å².